The van der Waals surface area contributed by atoms with E-state index in [1.807, 2.05) is 69.6 Å². The van der Waals surface area contributed by atoms with Crippen molar-refractivity contribution in [2.45, 2.75) is 41.2 Å². The summed E-state index contributed by atoms with van der Waals surface area (Å²) in [4.78, 5) is 18.3. The van der Waals surface area contributed by atoms with Gasteiger partial charge in [-0.3, -0.25) is 9.48 Å². The van der Waals surface area contributed by atoms with Crippen LogP contribution in [0.5, 0.6) is 0 Å². The van der Waals surface area contributed by atoms with E-state index in [1.165, 1.54) is 0 Å². The minimum atomic E-state index is -0.241. The Hall–Kier alpha value is -4.27. The van der Waals surface area contributed by atoms with Crippen molar-refractivity contribution in [1.29, 1.82) is 0 Å². The molecule has 0 saturated heterocycles. The van der Waals surface area contributed by atoms with Gasteiger partial charge in [-0.2, -0.15) is 5.10 Å². The molecule has 1 aromatic carbocycles. The Morgan fingerprint density at radius 1 is 1.00 bits per heavy atom. The molecular weight excluding hydrogens is 432 g/mol. The average molecular weight is 457 g/mol. The van der Waals surface area contributed by atoms with Crippen LogP contribution >= 0.6 is 0 Å². The summed E-state index contributed by atoms with van der Waals surface area (Å²) in [6.45, 7) is 9.78. The molecule has 34 heavy (non-hydrogen) atoms. The van der Waals surface area contributed by atoms with Crippen LogP contribution in [0.1, 0.15) is 44.7 Å². The third-order valence-corrected chi connectivity index (χ3v) is 5.86. The van der Waals surface area contributed by atoms with Crippen LogP contribution in [0.3, 0.4) is 0 Å². The van der Waals surface area contributed by atoms with Gasteiger partial charge in [0.05, 0.1) is 51.7 Å². The third-order valence-electron chi connectivity index (χ3n) is 5.86. The zero-order valence-electron chi connectivity index (χ0n) is 19.6. The number of pyridine rings is 1. The van der Waals surface area contributed by atoms with E-state index >= 15 is 0 Å². The standard InChI is InChI=1S/C25H24N6O3/c1-13-10-18(30-33-13)12-31-16(4)24(15(3)28-31)27-25(32)20-11-22(23-14(2)29-34-17(23)5)26-21-9-7-6-8-19(20)21/h6-11H,12H2,1-5H3,(H,27,32). The molecule has 0 saturated carbocycles. The lowest BCUT2D eigenvalue weighted by molar-refractivity contribution is 0.102. The van der Waals surface area contributed by atoms with Gasteiger partial charge >= 0.3 is 0 Å². The van der Waals surface area contributed by atoms with Gasteiger partial charge in [-0.1, -0.05) is 28.5 Å². The number of amides is 1. The monoisotopic (exact) mass is 456 g/mol. The second kappa shape index (κ2) is 8.26. The van der Waals surface area contributed by atoms with Crippen LogP contribution in [0.2, 0.25) is 0 Å². The summed E-state index contributed by atoms with van der Waals surface area (Å²) in [5, 5.41) is 16.5. The molecule has 172 valence electrons. The Morgan fingerprint density at radius 2 is 1.79 bits per heavy atom. The van der Waals surface area contributed by atoms with Crippen molar-refractivity contribution in [2.24, 2.45) is 0 Å². The number of para-hydroxylation sites is 1. The van der Waals surface area contributed by atoms with Gasteiger partial charge in [0.25, 0.3) is 5.91 Å². The molecule has 0 aliphatic heterocycles. The van der Waals surface area contributed by atoms with Crippen molar-refractivity contribution in [3.63, 3.8) is 0 Å². The Balaban J connectivity index is 1.53. The largest absolute Gasteiger partial charge is 0.361 e. The fraction of sp³-hybridized carbons (Fsp3) is 0.240. The van der Waals surface area contributed by atoms with E-state index in [1.54, 1.807) is 6.07 Å². The van der Waals surface area contributed by atoms with E-state index in [-0.39, 0.29) is 5.91 Å². The lowest BCUT2D eigenvalue weighted by atomic mass is 10.0. The Bertz CT molecular complexity index is 1520. The van der Waals surface area contributed by atoms with Crippen molar-refractivity contribution in [1.82, 2.24) is 25.1 Å². The van der Waals surface area contributed by atoms with Crippen LogP contribution < -0.4 is 5.32 Å². The molecule has 5 rings (SSSR count). The number of hydrogen-bond acceptors (Lipinski definition) is 7. The maximum Gasteiger partial charge on any atom is 0.256 e. The van der Waals surface area contributed by atoms with E-state index < -0.39 is 0 Å². The minimum absolute atomic E-state index is 0.241. The first-order chi connectivity index (χ1) is 16.3. The van der Waals surface area contributed by atoms with E-state index in [9.17, 15) is 4.79 Å². The highest BCUT2D eigenvalue weighted by atomic mass is 16.5. The molecule has 9 nitrogen and oxygen atoms in total. The number of fused-ring (bicyclic) bond motifs is 1. The highest BCUT2D eigenvalue weighted by molar-refractivity contribution is 6.13. The van der Waals surface area contributed by atoms with Crippen molar-refractivity contribution < 1.29 is 13.8 Å². The highest BCUT2D eigenvalue weighted by Crippen LogP contribution is 2.30. The SMILES string of the molecule is Cc1cc(Cn2nc(C)c(NC(=O)c3cc(-c4c(C)noc4C)nc4ccccc34)c2C)no1. The molecule has 1 N–H and O–H groups in total. The van der Waals surface area contributed by atoms with Crippen LogP contribution in [-0.4, -0.2) is 31.0 Å². The van der Waals surface area contributed by atoms with E-state index in [4.69, 9.17) is 14.0 Å². The maximum atomic E-state index is 13.6. The molecule has 0 radical (unpaired) electrons. The number of carbonyl (C=O) groups is 1. The summed E-state index contributed by atoms with van der Waals surface area (Å²) in [6, 6.07) is 11.2. The van der Waals surface area contributed by atoms with E-state index in [2.05, 4.69) is 20.7 Å². The first kappa shape index (κ1) is 21.6. The topological polar surface area (TPSA) is 112 Å². The van der Waals surface area contributed by atoms with Crippen molar-refractivity contribution >= 4 is 22.5 Å². The van der Waals surface area contributed by atoms with Gasteiger partial charge in [0, 0.05) is 11.5 Å². The molecule has 0 spiro atoms. The lowest BCUT2D eigenvalue weighted by Crippen LogP contribution is -2.14. The first-order valence-electron chi connectivity index (χ1n) is 10.9. The van der Waals surface area contributed by atoms with Crippen molar-refractivity contribution in [3.8, 4) is 11.3 Å². The Labute approximate surface area is 195 Å². The van der Waals surface area contributed by atoms with Crippen LogP contribution in [-0.2, 0) is 6.54 Å². The van der Waals surface area contributed by atoms with Gasteiger partial charge in [-0.25, -0.2) is 4.98 Å². The van der Waals surface area contributed by atoms with Gasteiger partial charge in [0.2, 0.25) is 0 Å². The van der Waals surface area contributed by atoms with Gasteiger partial charge in [-0.15, -0.1) is 0 Å². The summed E-state index contributed by atoms with van der Waals surface area (Å²) in [7, 11) is 0. The fourth-order valence-electron chi connectivity index (χ4n) is 4.20. The molecule has 4 heterocycles. The average Bonchev–Trinajstić information content (AvgIpc) is 3.46. The molecule has 0 fully saturated rings. The van der Waals surface area contributed by atoms with Gasteiger partial charge in [0.1, 0.15) is 17.2 Å². The van der Waals surface area contributed by atoms with Crippen LogP contribution in [0.15, 0.2) is 45.4 Å². The fourth-order valence-corrected chi connectivity index (χ4v) is 4.20. The highest BCUT2D eigenvalue weighted by Gasteiger charge is 2.21. The summed E-state index contributed by atoms with van der Waals surface area (Å²) in [5.41, 5.74) is 6.38. The van der Waals surface area contributed by atoms with Gasteiger partial charge in [0.15, 0.2) is 0 Å². The maximum absolute atomic E-state index is 13.6. The number of nitrogens with one attached hydrogen (secondary N) is 1. The molecule has 1 amide bonds. The van der Waals surface area contributed by atoms with Crippen LogP contribution in [0.25, 0.3) is 22.2 Å². The molecular formula is C25H24N6O3. The predicted octanol–water partition coefficient (Wildman–Crippen LogP) is 4.92. The molecule has 0 bridgehead atoms. The van der Waals surface area contributed by atoms with Crippen molar-refractivity contribution in [3.05, 3.63) is 76.3 Å². The molecule has 4 aromatic heterocycles. The lowest BCUT2D eigenvalue weighted by Gasteiger charge is -2.11. The van der Waals surface area contributed by atoms with Gasteiger partial charge in [-0.05, 0) is 46.8 Å². The summed E-state index contributed by atoms with van der Waals surface area (Å²) < 4.78 is 12.3. The van der Waals surface area contributed by atoms with Crippen LogP contribution in [0.4, 0.5) is 5.69 Å². The summed E-state index contributed by atoms with van der Waals surface area (Å²) in [6.07, 6.45) is 0. The van der Waals surface area contributed by atoms with Gasteiger partial charge < -0.3 is 14.4 Å². The number of aryl methyl sites for hydroxylation is 4. The quantitative estimate of drug-likeness (QED) is 0.400. The number of nitrogens with zero attached hydrogens (tertiary/aromatic N) is 5. The number of anilines is 1. The number of rotatable bonds is 5. The number of aromatic nitrogens is 5. The molecule has 0 atom stereocenters. The smallest absolute Gasteiger partial charge is 0.256 e. The van der Waals surface area contributed by atoms with E-state index in [0.717, 1.165) is 45.0 Å². The zero-order chi connectivity index (χ0) is 24.0. The normalized spacial score (nSPS) is 11.3. The minimum Gasteiger partial charge on any atom is -0.361 e. The second-order valence-corrected chi connectivity index (χ2v) is 8.36. The molecule has 0 aliphatic carbocycles. The number of benzene rings is 1. The molecule has 0 unspecified atom stereocenters. The van der Waals surface area contributed by atoms with E-state index in [0.29, 0.717) is 29.2 Å². The number of hydrogen-bond donors (Lipinski definition) is 1. The Kier molecular flexibility index (Phi) is 5.24. The second-order valence-electron chi connectivity index (χ2n) is 8.36. The first-order valence-corrected chi connectivity index (χ1v) is 10.9. The number of carbonyl (C=O) groups excluding carboxylic acids is 1. The molecule has 9 heteroatoms. The van der Waals surface area contributed by atoms with Crippen LogP contribution in [0, 0.1) is 34.6 Å². The van der Waals surface area contributed by atoms with Crippen molar-refractivity contribution in [2.75, 3.05) is 5.32 Å². The molecule has 5 aromatic rings. The third kappa shape index (κ3) is 3.75. The Morgan fingerprint density at radius 3 is 2.50 bits per heavy atom. The predicted molar refractivity (Wildman–Crippen MR) is 127 cm³/mol. The molecule has 0 aliphatic rings. The summed E-state index contributed by atoms with van der Waals surface area (Å²) in [5.74, 6) is 1.15. The zero-order valence-corrected chi connectivity index (χ0v) is 19.6. The summed E-state index contributed by atoms with van der Waals surface area (Å²) >= 11 is 0.